The molecule has 0 bridgehead atoms. The van der Waals surface area contributed by atoms with Gasteiger partial charge in [-0.05, 0) is 18.8 Å². The van der Waals surface area contributed by atoms with Crippen molar-refractivity contribution < 1.29 is 9.47 Å². The van der Waals surface area contributed by atoms with Crippen LogP contribution in [-0.4, -0.2) is 19.5 Å². The maximum atomic E-state index is 5.46. The van der Waals surface area contributed by atoms with Gasteiger partial charge in [-0.2, -0.15) is 0 Å². The number of allylic oxidation sites excluding steroid dienone is 3. The van der Waals surface area contributed by atoms with Gasteiger partial charge in [0.15, 0.2) is 6.29 Å². The molecule has 1 rings (SSSR count). The lowest BCUT2D eigenvalue weighted by molar-refractivity contribution is -0.0564. The Bertz CT molecular complexity index is 225. The van der Waals surface area contributed by atoms with Gasteiger partial charge in [0.25, 0.3) is 0 Å². The van der Waals surface area contributed by atoms with Crippen LogP contribution in [0.15, 0.2) is 24.3 Å². The van der Waals surface area contributed by atoms with Gasteiger partial charge >= 0.3 is 0 Å². The van der Waals surface area contributed by atoms with Crippen LogP contribution in [0.4, 0.5) is 0 Å². The van der Waals surface area contributed by atoms with E-state index in [1.807, 2.05) is 6.92 Å². The molecule has 0 spiro atoms. The Morgan fingerprint density at radius 2 is 2.00 bits per heavy atom. The van der Waals surface area contributed by atoms with Crippen molar-refractivity contribution in [3.8, 4) is 0 Å². The van der Waals surface area contributed by atoms with Gasteiger partial charge in [-0.15, -0.1) is 0 Å². The second kappa shape index (κ2) is 6.09. The average molecular weight is 210 g/mol. The molecule has 15 heavy (non-hydrogen) atoms. The van der Waals surface area contributed by atoms with E-state index in [0.717, 1.165) is 25.2 Å². The molecule has 0 amide bonds. The Hall–Kier alpha value is -0.600. The highest BCUT2D eigenvalue weighted by molar-refractivity contribution is 5.12. The molecule has 0 aromatic rings. The molecule has 0 N–H and O–H groups in total. The molecular weight excluding hydrogens is 188 g/mol. The molecule has 0 aromatic carbocycles. The lowest BCUT2D eigenvalue weighted by atomic mass is 9.91. The third kappa shape index (κ3) is 4.63. The van der Waals surface area contributed by atoms with Gasteiger partial charge in [0, 0.05) is 6.42 Å². The van der Waals surface area contributed by atoms with Gasteiger partial charge in [-0.3, -0.25) is 0 Å². The second-order valence-electron chi connectivity index (χ2n) is 4.52. The first-order valence-electron chi connectivity index (χ1n) is 5.66. The van der Waals surface area contributed by atoms with Crippen molar-refractivity contribution in [1.82, 2.24) is 0 Å². The van der Waals surface area contributed by atoms with E-state index in [2.05, 4.69) is 32.6 Å². The Labute approximate surface area is 93.0 Å². The fourth-order valence-electron chi connectivity index (χ4n) is 1.63. The topological polar surface area (TPSA) is 18.5 Å². The van der Waals surface area contributed by atoms with E-state index in [0.29, 0.717) is 11.8 Å². The molecule has 1 aliphatic rings. The summed E-state index contributed by atoms with van der Waals surface area (Å²) in [5.41, 5.74) is 1.09. The van der Waals surface area contributed by atoms with Crippen molar-refractivity contribution in [2.24, 2.45) is 11.8 Å². The minimum absolute atomic E-state index is 0.00725. The largest absolute Gasteiger partial charge is 0.350 e. The minimum Gasteiger partial charge on any atom is -0.350 e. The summed E-state index contributed by atoms with van der Waals surface area (Å²) in [5, 5.41) is 0. The number of rotatable bonds is 5. The Kier molecular flexibility index (Phi) is 5.06. The van der Waals surface area contributed by atoms with Gasteiger partial charge in [0.2, 0.25) is 0 Å². The maximum absolute atomic E-state index is 5.46. The van der Waals surface area contributed by atoms with Gasteiger partial charge in [0.05, 0.1) is 13.2 Å². The third-order valence-electron chi connectivity index (χ3n) is 2.64. The van der Waals surface area contributed by atoms with E-state index in [1.165, 1.54) is 0 Å². The van der Waals surface area contributed by atoms with E-state index >= 15 is 0 Å². The van der Waals surface area contributed by atoms with Crippen LogP contribution in [0.25, 0.3) is 0 Å². The van der Waals surface area contributed by atoms with Crippen molar-refractivity contribution in [1.29, 1.82) is 0 Å². The molecular formula is C13H22O2. The predicted octanol–water partition coefficient (Wildman–Crippen LogP) is 3.15. The molecule has 1 fully saturated rings. The first kappa shape index (κ1) is 12.5. The molecule has 0 unspecified atom stereocenters. The van der Waals surface area contributed by atoms with Gasteiger partial charge in [-0.1, -0.05) is 38.2 Å². The summed E-state index contributed by atoms with van der Waals surface area (Å²) in [6.07, 6.45) is 5.24. The normalized spacial score (nSPS) is 20.3. The zero-order chi connectivity index (χ0) is 11.3. The number of hydrogen-bond donors (Lipinski definition) is 0. The van der Waals surface area contributed by atoms with E-state index in [4.69, 9.17) is 9.47 Å². The van der Waals surface area contributed by atoms with Crippen LogP contribution >= 0.6 is 0 Å². The predicted molar refractivity (Wildman–Crippen MR) is 62.6 cm³/mol. The molecule has 1 heterocycles. The average Bonchev–Trinajstić information content (AvgIpc) is 2.63. The van der Waals surface area contributed by atoms with E-state index in [9.17, 15) is 0 Å². The minimum atomic E-state index is -0.00725. The zero-order valence-corrected chi connectivity index (χ0v) is 10.0. The molecule has 1 atom stereocenters. The lowest BCUT2D eigenvalue weighted by Crippen LogP contribution is -2.17. The Balaban J connectivity index is 2.45. The van der Waals surface area contributed by atoms with Crippen molar-refractivity contribution in [2.75, 3.05) is 13.2 Å². The van der Waals surface area contributed by atoms with Crippen molar-refractivity contribution in [2.45, 2.75) is 33.5 Å². The smallest absolute Gasteiger partial charge is 0.158 e. The summed E-state index contributed by atoms with van der Waals surface area (Å²) in [7, 11) is 0. The molecule has 0 aromatic heterocycles. The molecule has 0 saturated carbocycles. The van der Waals surface area contributed by atoms with Crippen molar-refractivity contribution in [3.63, 3.8) is 0 Å². The summed E-state index contributed by atoms with van der Waals surface area (Å²) < 4.78 is 10.9. The fourth-order valence-corrected chi connectivity index (χ4v) is 1.63. The molecule has 86 valence electrons. The van der Waals surface area contributed by atoms with Crippen molar-refractivity contribution in [3.05, 3.63) is 24.3 Å². The van der Waals surface area contributed by atoms with Crippen LogP contribution in [0.5, 0.6) is 0 Å². The van der Waals surface area contributed by atoms with Crippen LogP contribution < -0.4 is 0 Å². The summed E-state index contributed by atoms with van der Waals surface area (Å²) in [6.45, 7) is 11.8. The highest BCUT2D eigenvalue weighted by Gasteiger charge is 2.21. The Morgan fingerprint density at radius 1 is 1.40 bits per heavy atom. The SMILES string of the molecule is C=C(C)/C=C/[C@@H](CC1OCCO1)C(C)C. The summed E-state index contributed by atoms with van der Waals surface area (Å²) in [4.78, 5) is 0. The molecule has 1 saturated heterocycles. The van der Waals surface area contributed by atoms with E-state index < -0.39 is 0 Å². The summed E-state index contributed by atoms with van der Waals surface area (Å²) in [6, 6.07) is 0. The van der Waals surface area contributed by atoms with E-state index in [1.54, 1.807) is 0 Å². The lowest BCUT2D eigenvalue weighted by Gasteiger charge is -2.20. The monoisotopic (exact) mass is 210 g/mol. The quantitative estimate of drug-likeness (QED) is 0.649. The fraction of sp³-hybridized carbons (Fsp3) is 0.692. The second-order valence-corrected chi connectivity index (χ2v) is 4.52. The molecule has 0 aliphatic carbocycles. The molecule has 1 aliphatic heterocycles. The van der Waals surface area contributed by atoms with Crippen LogP contribution in [0.2, 0.25) is 0 Å². The van der Waals surface area contributed by atoms with Crippen LogP contribution in [0.3, 0.4) is 0 Å². The first-order valence-corrected chi connectivity index (χ1v) is 5.66. The number of hydrogen-bond acceptors (Lipinski definition) is 2. The van der Waals surface area contributed by atoms with Gasteiger partial charge in [-0.25, -0.2) is 0 Å². The Morgan fingerprint density at radius 3 is 2.47 bits per heavy atom. The van der Waals surface area contributed by atoms with Crippen LogP contribution in [0.1, 0.15) is 27.2 Å². The maximum Gasteiger partial charge on any atom is 0.158 e. The summed E-state index contributed by atoms with van der Waals surface area (Å²) >= 11 is 0. The van der Waals surface area contributed by atoms with E-state index in [-0.39, 0.29) is 6.29 Å². The van der Waals surface area contributed by atoms with Crippen LogP contribution in [-0.2, 0) is 9.47 Å². The third-order valence-corrected chi connectivity index (χ3v) is 2.64. The van der Waals surface area contributed by atoms with Gasteiger partial charge in [0.1, 0.15) is 0 Å². The highest BCUT2D eigenvalue weighted by atomic mass is 16.7. The summed E-state index contributed by atoms with van der Waals surface area (Å²) in [5.74, 6) is 1.11. The molecule has 0 radical (unpaired) electrons. The number of ether oxygens (including phenoxy) is 2. The van der Waals surface area contributed by atoms with Crippen molar-refractivity contribution >= 4 is 0 Å². The highest BCUT2D eigenvalue weighted by Crippen LogP contribution is 2.23. The standard InChI is InChI=1S/C13H22O2/c1-10(2)5-6-12(11(3)4)9-13-14-7-8-15-13/h5-6,11-13H,1,7-9H2,2-4H3/b6-5+/t12-/m0/s1. The molecule has 2 nitrogen and oxygen atoms in total. The molecule has 2 heteroatoms. The van der Waals surface area contributed by atoms with Gasteiger partial charge < -0.3 is 9.47 Å². The van der Waals surface area contributed by atoms with Crippen LogP contribution in [0, 0.1) is 11.8 Å². The zero-order valence-electron chi connectivity index (χ0n) is 10.0. The first-order chi connectivity index (χ1) is 7.09.